The third kappa shape index (κ3) is 1.46. The largest absolute Gasteiger partial charge is 0.493 e. The van der Waals surface area contributed by atoms with Crippen LogP contribution in [0.5, 0.6) is 5.75 Å². The highest BCUT2D eigenvalue weighted by Crippen LogP contribution is 2.39. The molecule has 15 heavy (non-hydrogen) atoms. The van der Waals surface area contributed by atoms with Gasteiger partial charge in [0.15, 0.2) is 0 Å². The minimum absolute atomic E-state index is 0.305. The van der Waals surface area contributed by atoms with Crippen molar-refractivity contribution < 1.29 is 19.0 Å². The summed E-state index contributed by atoms with van der Waals surface area (Å²) < 4.78 is 18.2. The molecule has 0 spiro atoms. The molecule has 0 bridgehead atoms. The van der Waals surface area contributed by atoms with E-state index in [1.807, 2.05) is 0 Å². The minimum atomic E-state index is -0.971. The van der Waals surface area contributed by atoms with Crippen LogP contribution in [0.4, 0.5) is 4.39 Å². The van der Waals surface area contributed by atoms with Crippen LogP contribution < -0.4 is 4.74 Å². The second-order valence-electron chi connectivity index (χ2n) is 3.88. The smallest absolute Gasteiger partial charge is 0.314 e. The molecule has 0 saturated heterocycles. The highest BCUT2D eigenvalue weighted by atomic mass is 19.1. The van der Waals surface area contributed by atoms with E-state index in [2.05, 4.69) is 0 Å². The van der Waals surface area contributed by atoms with Crippen molar-refractivity contribution >= 4 is 5.97 Å². The van der Waals surface area contributed by atoms with Gasteiger partial charge >= 0.3 is 5.97 Å². The molecule has 1 N–H and O–H groups in total. The number of rotatable bonds is 1. The molecule has 2 rings (SSSR count). The second kappa shape index (κ2) is 3.22. The first-order valence-electron chi connectivity index (χ1n) is 4.70. The summed E-state index contributed by atoms with van der Waals surface area (Å²) in [6.07, 6.45) is 0.404. The fourth-order valence-electron chi connectivity index (χ4n) is 1.79. The highest BCUT2D eigenvalue weighted by molar-refractivity contribution is 5.82. The third-order valence-corrected chi connectivity index (χ3v) is 2.87. The van der Waals surface area contributed by atoms with Gasteiger partial charge in [0, 0.05) is 18.1 Å². The first kappa shape index (κ1) is 9.96. The summed E-state index contributed by atoms with van der Waals surface area (Å²) in [5.41, 5.74) is -0.427. The number of benzene rings is 1. The van der Waals surface area contributed by atoms with Crippen LogP contribution in [-0.2, 0) is 10.2 Å². The summed E-state index contributed by atoms with van der Waals surface area (Å²) in [4.78, 5) is 11.2. The average molecular weight is 210 g/mol. The standard InChI is InChI=1S/C11H11FO3/c1-11(10(13)14)4-5-15-9-6-7(12)2-3-8(9)11/h2-3,6H,4-5H2,1H3,(H,13,14). The molecular formula is C11H11FO3. The first-order valence-corrected chi connectivity index (χ1v) is 4.70. The quantitative estimate of drug-likeness (QED) is 0.770. The van der Waals surface area contributed by atoms with Gasteiger partial charge in [0.2, 0.25) is 0 Å². The Kier molecular flexibility index (Phi) is 2.14. The Hall–Kier alpha value is -1.58. The summed E-state index contributed by atoms with van der Waals surface area (Å²) in [5.74, 6) is -0.979. The van der Waals surface area contributed by atoms with E-state index in [9.17, 15) is 9.18 Å². The average Bonchev–Trinajstić information content (AvgIpc) is 2.17. The Morgan fingerprint density at radius 2 is 2.33 bits per heavy atom. The van der Waals surface area contributed by atoms with Crippen LogP contribution in [0.15, 0.2) is 18.2 Å². The van der Waals surface area contributed by atoms with Gasteiger partial charge in [-0.05, 0) is 13.0 Å². The molecule has 1 aromatic rings. The fraction of sp³-hybridized carbons (Fsp3) is 0.364. The predicted octanol–water partition coefficient (Wildman–Crippen LogP) is 1.95. The van der Waals surface area contributed by atoms with Gasteiger partial charge in [-0.25, -0.2) is 4.39 Å². The Labute approximate surface area is 86.5 Å². The van der Waals surface area contributed by atoms with E-state index in [-0.39, 0.29) is 0 Å². The van der Waals surface area contributed by atoms with E-state index in [1.165, 1.54) is 18.2 Å². The summed E-state index contributed by atoms with van der Waals surface area (Å²) in [6, 6.07) is 3.97. The molecule has 80 valence electrons. The molecular weight excluding hydrogens is 199 g/mol. The summed E-state index contributed by atoms with van der Waals surface area (Å²) in [6.45, 7) is 1.94. The Bertz CT molecular complexity index is 416. The van der Waals surface area contributed by atoms with Crippen LogP contribution in [0.2, 0.25) is 0 Å². The maximum absolute atomic E-state index is 12.9. The molecule has 1 aromatic carbocycles. The normalized spacial score (nSPS) is 24.1. The summed E-state index contributed by atoms with van der Waals surface area (Å²) in [7, 11) is 0. The molecule has 0 amide bonds. The topological polar surface area (TPSA) is 46.5 Å². The summed E-state index contributed by atoms with van der Waals surface area (Å²) >= 11 is 0. The van der Waals surface area contributed by atoms with E-state index in [0.29, 0.717) is 24.3 Å². The number of hydrogen-bond acceptors (Lipinski definition) is 2. The lowest BCUT2D eigenvalue weighted by molar-refractivity contribution is -0.144. The number of aliphatic carboxylic acids is 1. The van der Waals surface area contributed by atoms with Gasteiger partial charge in [-0.1, -0.05) is 6.07 Å². The van der Waals surface area contributed by atoms with E-state index in [0.717, 1.165) is 0 Å². The molecule has 0 radical (unpaired) electrons. The van der Waals surface area contributed by atoms with Crippen LogP contribution in [-0.4, -0.2) is 17.7 Å². The number of carbonyl (C=O) groups is 1. The van der Waals surface area contributed by atoms with Gasteiger partial charge in [0.25, 0.3) is 0 Å². The Morgan fingerprint density at radius 3 is 3.00 bits per heavy atom. The highest BCUT2D eigenvalue weighted by Gasteiger charge is 2.40. The number of halogens is 1. The number of hydrogen-bond donors (Lipinski definition) is 1. The van der Waals surface area contributed by atoms with Gasteiger partial charge in [-0.3, -0.25) is 4.79 Å². The third-order valence-electron chi connectivity index (χ3n) is 2.87. The van der Waals surface area contributed by atoms with Crippen LogP contribution >= 0.6 is 0 Å². The Balaban J connectivity index is 2.56. The van der Waals surface area contributed by atoms with Crippen molar-refractivity contribution in [2.45, 2.75) is 18.8 Å². The van der Waals surface area contributed by atoms with Gasteiger partial charge in [-0.2, -0.15) is 0 Å². The Morgan fingerprint density at radius 1 is 1.60 bits per heavy atom. The van der Waals surface area contributed by atoms with E-state index >= 15 is 0 Å². The zero-order valence-corrected chi connectivity index (χ0v) is 8.29. The molecule has 1 unspecified atom stereocenters. The molecule has 1 heterocycles. The summed E-state index contributed by atoms with van der Waals surface area (Å²) in [5, 5.41) is 9.16. The zero-order valence-electron chi connectivity index (χ0n) is 8.29. The molecule has 4 heteroatoms. The van der Waals surface area contributed by atoms with Gasteiger partial charge in [0.05, 0.1) is 12.0 Å². The zero-order chi connectivity index (χ0) is 11.1. The predicted molar refractivity (Wildman–Crippen MR) is 51.5 cm³/mol. The van der Waals surface area contributed by atoms with Crippen molar-refractivity contribution in [3.63, 3.8) is 0 Å². The number of carboxylic acids is 1. The van der Waals surface area contributed by atoms with Gasteiger partial charge in [0.1, 0.15) is 11.6 Å². The van der Waals surface area contributed by atoms with Crippen LogP contribution in [0.3, 0.4) is 0 Å². The van der Waals surface area contributed by atoms with E-state index in [1.54, 1.807) is 6.92 Å². The van der Waals surface area contributed by atoms with Crippen LogP contribution in [0.1, 0.15) is 18.9 Å². The molecule has 1 aliphatic rings. The molecule has 1 atom stereocenters. The lowest BCUT2D eigenvalue weighted by Crippen LogP contribution is -2.37. The number of fused-ring (bicyclic) bond motifs is 1. The number of ether oxygens (including phenoxy) is 1. The fourth-order valence-corrected chi connectivity index (χ4v) is 1.79. The lowest BCUT2D eigenvalue weighted by atomic mass is 9.78. The van der Waals surface area contributed by atoms with Crippen molar-refractivity contribution in [1.29, 1.82) is 0 Å². The van der Waals surface area contributed by atoms with E-state index in [4.69, 9.17) is 9.84 Å². The van der Waals surface area contributed by atoms with E-state index < -0.39 is 17.2 Å². The van der Waals surface area contributed by atoms with Crippen molar-refractivity contribution in [2.75, 3.05) is 6.61 Å². The molecule has 1 aliphatic heterocycles. The molecule has 0 fully saturated rings. The monoisotopic (exact) mass is 210 g/mol. The molecule has 0 aromatic heterocycles. The molecule has 0 aliphatic carbocycles. The second-order valence-corrected chi connectivity index (χ2v) is 3.88. The lowest BCUT2D eigenvalue weighted by Gasteiger charge is -2.31. The number of carboxylic acid groups (broad SMARTS) is 1. The van der Waals surface area contributed by atoms with Gasteiger partial charge in [-0.15, -0.1) is 0 Å². The van der Waals surface area contributed by atoms with Crippen molar-refractivity contribution in [3.05, 3.63) is 29.6 Å². The maximum Gasteiger partial charge on any atom is 0.314 e. The van der Waals surface area contributed by atoms with Crippen molar-refractivity contribution in [3.8, 4) is 5.75 Å². The van der Waals surface area contributed by atoms with Gasteiger partial charge < -0.3 is 9.84 Å². The van der Waals surface area contributed by atoms with Crippen LogP contribution in [0, 0.1) is 5.82 Å². The van der Waals surface area contributed by atoms with Crippen molar-refractivity contribution in [1.82, 2.24) is 0 Å². The SMILES string of the molecule is CC1(C(=O)O)CCOc2cc(F)ccc21. The van der Waals surface area contributed by atoms with Crippen molar-refractivity contribution in [2.24, 2.45) is 0 Å². The molecule has 3 nitrogen and oxygen atoms in total. The molecule has 0 saturated carbocycles. The minimum Gasteiger partial charge on any atom is -0.493 e. The first-order chi connectivity index (χ1) is 7.04. The maximum atomic E-state index is 12.9. The van der Waals surface area contributed by atoms with Crippen LogP contribution in [0.25, 0.3) is 0 Å².